The Morgan fingerprint density at radius 1 is 0.763 bits per heavy atom. The second-order valence-electron chi connectivity index (χ2n) is 11.8. The van der Waals surface area contributed by atoms with Crippen molar-refractivity contribution in [3.63, 3.8) is 0 Å². The molecule has 5 nitrogen and oxygen atoms in total. The summed E-state index contributed by atoms with van der Waals surface area (Å²) >= 11 is 0. The molecular weight excluding hydrogens is 474 g/mol. The largest absolute Gasteiger partial charge is 0.453 e. The number of amides is 1. The number of nitrogens with two attached hydrogens (primary N) is 1. The Balaban J connectivity index is 2.04. The molecule has 0 bridgehead atoms. The molecule has 0 aromatic heterocycles. The molecule has 1 rings (SSSR count). The fourth-order valence-corrected chi connectivity index (χ4v) is 5.55. The highest BCUT2D eigenvalue weighted by Gasteiger charge is 2.36. The van der Waals surface area contributed by atoms with Crippen molar-refractivity contribution in [1.82, 2.24) is 0 Å². The van der Waals surface area contributed by atoms with Gasteiger partial charge in [0.05, 0.1) is 6.61 Å². The predicted octanol–water partition coefficient (Wildman–Crippen LogP) is 8.85. The van der Waals surface area contributed by atoms with Crippen molar-refractivity contribution in [2.75, 3.05) is 6.61 Å². The van der Waals surface area contributed by atoms with Gasteiger partial charge < -0.3 is 15.6 Å². The lowest BCUT2D eigenvalue weighted by atomic mass is 9.88. The number of hydrogen-bond donors (Lipinski definition) is 2. The quantitative estimate of drug-likeness (QED) is 0.0812. The third-order valence-corrected chi connectivity index (χ3v) is 8.19. The van der Waals surface area contributed by atoms with Crippen LogP contribution < -0.4 is 5.73 Å². The maximum atomic E-state index is 12.6. The number of cyclic esters (lactones) is 1. The van der Waals surface area contributed by atoms with Crippen molar-refractivity contribution in [3.05, 3.63) is 11.6 Å². The van der Waals surface area contributed by atoms with E-state index in [-0.39, 0.29) is 18.5 Å². The molecule has 1 aliphatic rings. The summed E-state index contributed by atoms with van der Waals surface area (Å²) in [4.78, 5) is 23.3. The van der Waals surface area contributed by atoms with Gasteiger partial charge in [-0.2, -0.15) is 0 Å². The summed E-state index contributed by atoms with van der Waals surface area (Å²) in [5.41, 5.74) is 5.26. The maximum Gasteiger partial charge on any atom is 0.334 e. The van der Waals surface area contributed by atoms with Crippen LogP contribution in [0.25, 0.3) is 0 Å². The van der Waals surface area contributed by atoms with Crippen LogP contribution in [0.4, 0.5) is 0 Å². The van der Waals surface area contributed by atoms with Crippen LogP contribution in [-0.2, 0) is 14.3 Å². The molecular formula is C33H61NO4. The summed E-state index contributed by atoms with van der Waals surface area (Å²) < 4.78 is 5.81. The zero-order valence-corrected chi connectivity index (χ0v) is 24.9. The molecule has 1 heterocycles. The number of carbonyl (C=O) groups excluding carboxylic acids is 2. The molecule has 1 aliphatic heterocycles. The van der Waals surface area contributed by atoms with Gasteiger partial charge in [0, 0.05) is 18.4 Å². The van der Waals surface area contributed by atoms with Gasteiger partial charge in [-0.3, -0.25) is 4.79 Å². The monoisotopic (exact) mass is 535 g/mol. The lowest BCUT2D eigenvalue weighted by Crippen LogP contribution is -2.41. The van der Waals surface area contributed by atoms with Gasteiger partial charge in [0.25, 0.3) is 0 Å². The molecule has 0 aromatic rings. The van der Waals surface area contributed by atoms with Crippen LogP contribution in [-0.4, -0.2) is 29.2 Å². The Morgan fingerprint density at radius 2 is 1.21 bits per heavy atom. The highest BCUT2D eigenvalue weighted by Crippen LogP contribution is 2.31. The number of rotatable bonds is 27. The van der Waals surface area contributed by atoms with E-state index in [1.54, 1.807) is 0 Å². The SMILES string of the molecule is CCCCCCCCCCCCCCCC1=CCC(CO)(CCCCCCCCCCCC(N)=O)OC1=O. The van der Waals surface area contributed by atoms with Gasteiger partial charge in [0.2, 0.25) is 5.91 Å². The maximum absolute atomic E-state index is 12.6. The standard InChI is InChI=1S/C33H61NO4/c1-2-3-4-5-6-7-8-9-10-12-15-18-21-24-30-26-28-33(29-35,38-32(30)37)27-23-20-17-14-11-13-16-19-22-25-31(34)36/h26,35H,2-25,27-29H2,1H3,(H2,34,36). The van der Waals surface area contributed by atoms with Crippen LogP contribution in [0.5, 0.6) is 0 Å². The fourth-order valence-electron chi connectivity index (χ4n) is 5.55. The van der Waals surface area contributed by atoms with E-state index in [0.29, 0.717) is 12.8 Å². The summed E-state index contributed by atoms with van der Waals surface area (Å²) in [7, 11) is 0. The molecule has 1 atom stereocenters. The first-order chi connectivity index (χ1) is 18.5. The van der Waals surface area contributed by atoms with Crippen LogP contribution in [0.15, 0.2) is 11.6 Å². The Bertz CT molecular complexity index is 632. The Kier molecular flexibility index (Phi) is 21.5. The number of unbranched alkanes of at least 4 members (excludes halogenated alkanes) is 20. The summed E-state index contributed by atoms with van der Waals surface area (Å²) in [5.74, 6) is -0.406. The van der Waals surface area contributed by atoms with E-state index < -0.39 is 5.60 Å². The summed E-state index contributed by atoms with van der Waals surface area (Å²) in [6.45, 7) is 2.18. The minimum atomic E-state index is -0.711. The van der Waals surface area contributed by atoms with Crippen LogP contribution in [0, 0.1) is 0 Å². The lowest BCUT2D eigenvalue weighted by molar-refractivity contribution is -0.163. The van der Waals surface area contributed by atoms with Crippen molar-refractivity contribution >= 4 is 11.9 Å². The van der Waals surface area contributed by atoms with Crippen molar-refractivity contribution in [2.24, 2.45) is 5.73 Å². The van der Waals surface area contributed by atoms with Crippen LogP contribution in [0.3, 0.4) is 0 Å². The zero-order valence-electron chi connectivity index (χ0n) is 24.9. The Labute approximate surface area is 234 Å². The third kappa shape index (κ3) is 18.0. The van der Waals surface area contributed by atoms with E-state index >= 15 is 0 Å². The van der Waals surface area contributed by atoms with E-state index in [1.165, 1.54) is 109 Å². The molecule has 0 saturated carbocycles. The van der Waals surface area contributed by atoms with Crippen molar-refractivity contribution in [2.45, 2.75) is 179 Å². The summed E-state index contributed by atoms with van der Waals surface area (Å²) in [6, 6.07) is 0. The molecule has 1 amide bonds. The molecule has 0 spiro atoms. The van der Waals surface area contributed by atoms with Gasteiger partial charge in [-0.05, 0) is 32.1 Å². The molecule has 0 saturated heterocycles. The van der Waals surface area contributed by atoms with Gasteiger partial charge in [0.15, 0.2) is 0 Å². The van der Waals surface area contributed by atoms with Crippen LogP contribution in [0.1, 0.15) is 174 Å². The predicted molar refractivity (Wildman–Crippen MR) is 159 cm³/mol. The number of aliphatic hydroxyl groups is 1. The van der Waals surface area contributed by atoms with Gasteiger partial charge in [-0.1, -0.05) is 135 Å². The molecule has 0 aliphatic carbocycles. The normalized spacial score (nSPS) is 17.4. The molecule has 3 N–H and O–H groups in total. The average molecular weight is 536 g/mol. The third-order valence-electron chi connectivity index (χ3n) is 8.19. The van der Waals surface area contributed by atoms with Crippen molar-refractivity contribution in [1.29, 1.82) is 0 Å². The fraction of sp³-hybridized carbons (Fsp3) is 0.879. The van der Waals surface area contributed by atoms with Gasteiger partial charge in [-0.25, -0.2) is 4.79 Å². The molecule has 222 valence electrons. The van der Waals surface area contributed by atoms with E-state index in [4.69, 9.17) is 10.5 Å². The van der Waals surface area contributed by atoms with Crippen molar-refractivity contribution in [3.8, 4) is 0 Å². The topological polar surface area (TPSA) is 89.6 Å². The van der Waals surface area contributed by atoms with Gasteiger partial charge in [-0.15, -0.1) is 0 Å². The van der Waals surface area contributed by atoms with Gasteiger partial charge >= 0.3 is 5.97 Å². The smallest absolute Gasteiger partial charge is 0.334 e. The number of carbonyl (C=O) groups is 2. The van der Waals surface area contributed by atoms with E-state index in [0.717, 1.165) is 50.5 Å². The number of esters is 1. The zero-order chi connectivity index (χ0) is 27.7. The average Bonchev–Trinajstić information content (AvgIpc) is 2.90. The molecule has 1 unspecified atom stereocenters. The van der Waals surface area contributed by atoms with E-state index in [2.05, 4.69) is 6.92 Å². The van der Waals surface area contributed by atoms with E-state index in [9.17, 15) is 14.7 Å². The first-order valence-corrected chi connectivity index (χ1v) is 16.3. The van der Waals surface area contributed by atoms with Crippen LogP contribution >= 0.6 is 0 Å². The minimum absolute atomic E-state index is 0.0907. The number of aliphatic hydroxyl groups excluding tert-OH is 1. The van der Waals surface area contributed by atoms with Crippen molar-refractivity contribution < 1.29 is 19.4 Å². The van der Waals surface area contributed by atoms with Crippen LogP contribution in [0.2, 0.25) is 0 Å². The molecule has 0 radical (unpaired) electrons. The second-order valence-corrected chi connectivity index (χ2v) is 11.8. The second kappa shape index (κ2) is 23.5. The number of primary amides is 1. The minimum Gasteiger partial charge on any atom is -0.453 e. The Hall–Kier alpha value is -1.36. The first kappa shape index (κ1) is 34.7. The molecule has 38 heavy (non-hydrogen) atoms. The summed E-state index contributed by atoms with van der Waals surface area (Å²) in [5, 5.41) is 9.99. The van der Waals surface area contributed by atoms with E-state index in [1.807, 2.05) is 6.08 Å². The molecule has 0 fully saturated rings. The van der Waals surface area contributed by atoms with Gasteiger partial charge in [0.1, 0.15) is 5.60 Å². The Morgan fingerprint density at radius 3 is 1.66 bits per heavy atom. The first-order valence-electron chi connectivity index (χ1n) is 16.3. The lowest BCUT2D eigenvalue weighted by Gasteiger charge is -2.34. The number of hydrogen-bond acceptors (Lipinski definition) is 4. The molecule has 0 aromatic carbocycles. The molecule has 5 heteroatoms. The highest BCUT2D eigenvalue weighted by atomic mass is 16.6. The number of ether oxygens (including phenoxy) is 1. The highest BCUT2D eigenvalue weighted by molar-refractivity contribution is 5.89. The summed E-state index contributed by atoms with van der Waals surface area (Å²) in [6.07, 6.45) is 32.1.